The maximum absolute atomic E-state index is 13.0. The van der Waals surface area contributed by atoms with Gasteiger partial charge < -0.3 is 10.2 Å². The fraction of sp³-hybridized carbons (Fsp3) is 0.471. The summed E-state index contributed by atoms with van der Waals surface area (Å²) in [7, 11) is 0. The zero-order chi connectivity index (χ0) is 18.4. The van der Waals surface area contributed by atoms with Crippen molar-refractivity contribution in [1.82, 2.24) is 10.2 Å². The molecule has 0 radical (unpaired) electrons. The first-order valence-corrected chi connectivity index (χ1v) is 7.92. The fourth-order valence-corrected chi connectivity index (χ4v) is 2.82. The average Bonchev–Trinajstić information content (AvgIpc) is 2.59. The highest BCUT2D eigenvalue weighted by atomic mass is 19.4. The molecule has 0 aliphatic carbocycles. The molecule has 1 aromatic rings. The number of benzene rings is 1. The van der Waals surface area contributed by atoms with Crippen molar-refractivity contribution in [3.05, 3.63) is 35.4 Å². The fourth-order valence-electron chi connectivity index (χ4n) is 2.82. The van der Waals surface area contributed by atoms with E-state index in [0.29, 0.717) is 32.5 Å². The average molecular weight is 353 g/mol. The van der Waals surface area contributed by atoms with Gasteiger partial charge in [0.25, 0.3) is 5.91 Å². The molecule has 2 amide bonds. The lowest BCUT2D eigenvalue weighted by molar-refractivity contribution is -0.138. The summed E-state index contributed by atoms with van der Waals surface area (Å²) in [6.45, 7) is 1.08. The van der Waals surface area contributed by atoms with Gasteiger partial charge in [0.05, 0.1) is 17.2 Å². The predicted molar refractivity (Wildman–Crippen MR) is 83.3 cm³/mol. The van der Waals surface area contributed by atoms with Crippen LogP contribution < -0.4 is 5.32 Å². The van der Waals surface area contributed by atoms with Crippen molar-refractivity contribution in [2.45, 2.75) is 25.4 Å². The monoisotopic (exact) mass is 353 g/mol. The van der Waals surface area contributed by atoms with Gasteiger partial charge in [-0.2, -0.15) is 18.4 Å². The topological polar surface area (TPSA) is 73.2 Å². The molecule has 0 bridgehead atoms. The minimum atomic E-state index is -4.57. The van der Waals surface area contributed by atoms with Crippen LogP contribution in [0.3, 0.4) is 0 Å². The number of hydrogen-bond donors (Lipinski definition) is 1. The summed E-state index contributed by atoms with van der Waals surface area (Å²) in [5.74, 6) is -0.829. The van der Waals surface area contributed by atoms with E-state index in [0.717, 1.165) is 6.07 Å². The predicted octanol–water partition coefficient (Wildman–Crippen LogP) is 2.59. The Morgan fingerprint density at radius 3 is 2.48 bits per heavy atom. The summed E-state index contributed by atoms with van der Waals surface area (Å²) in [4.78, 5) is 25.1. The zero-order valence-corrected chi connectivity index (χ0v) is 13.5. The second kappa shape index (κ2) is 8.01. The lowest BCUT2D eigenvalue weighted by Crippen LogP contribution is -2.42. The largest absolute Gasteiger partial charge is 0.417 e. The molecule has 1 aliphatic rings. The quantitative estimate of drug-likeness (QED) is 0.904. The summed E-state index contributed by atoms with van der Waals surface area (Å²) in [6, 6.07) is 6.53. The van der Waals surface area contributed by atoms with Crippen LogP contribution in [0, 0.1) is 17.2 Å². The zero-order valence-electron chi connectivity index (χ0n) is 13.5. The van der Waals surface area contributed by atoms with Crippen LogP contribution in [0.5, 0.6) is 0 Å². The number of piperidine rings is 1. The Balaban J connectivity index is 1.94. The van der Waals surface area contributed by atoms with E-state index >= 15 is 0 Å². The lowest BCUT2D eigenvalue weighted by atomic mass is 9.95. The van der Waals surface area contributed by atoms with Crippen LogP contribution in [0.1, 0.15) is 35.2 Å². The minimum Gasteiger partial charge on any atom is -0.355 e. The molecule has 134 valence electrons. The van der Waals surface area contributed by atoms with Gasteiger partial charge in [-0.15, -0.1) is 0 Å². The third-order valence-electron chi connectivity index (χ3n) is 4.19. The Hall–Kier alpha value is -2.56. The molecule has 0 unspecified atom stereocenters. The van der Waals surface area contributed by atoms with E-state index in [9.17, 15) is 22.8 Å². The van der Waals surface area contributed by atoms with E-state index < -0.39 is 17.6 Å². The van der Waals surface area contributed by atoms with Crippen molar-refractivity contribution >= 4 is 11.8 Å². The number of carbonyl (C=O) groups excluding carboxylic acids is 2. The van der Waals surface area contributed by atoms with Crippen molar-refractivity contribution in [3.63, 3.8) is 0 Å². The molecule has 0 spiro atoms. The van der Waals surface area contributed by atoms with Crippen LogP contribution in [-0.2, 0) is 11.0 Å². The molecular weight excluding hydrogens is 335 g/mol. The number of nitrogens with zero attached hydrogens (tertiary/aromatic N) is 2. The highest BCUT2D eigenvalue weighted by molar-refractivity contribution is 5.96. The Kier molecular flexibility index (Phi) is 6.02. The molecule has 0 saturated carbocycles. The first-order valence-electron chi connectivity index (χ1n) is 7.92. The summed E-state index contributed by atoms with van der Waals surface area (Å²) in [5.41, 5.74) is -1.26. The van der Waals surface area contributed by atoms with Crippen molar-refractivity contribution in [2.24, 2.45) is 5.92 Å². The Morgan fingerprint density at radius 1 is 1.24 bits per heavy atom. The maximum Gasteiger partial charge on any atom is 0.417 e. The first-order chi connectivity index (χ1) is 11.8. The molecule has 25 heavy (non-hydrogen) atoms. The van der Waals surface area contributed by atoms with Crippen molar-refractivity contribution in [3.8, 4) is 6.07 Å². The molecule has 0 aromatic heterocycles. The van der Waals surface area contributed by atoms with E-state index in [1.165, 1.54) is 23.1 Å². The molecule has 8 heteroatoms. The minimum absolute atomic E-state index is 0.143. The summed E-state index contributed by atoms with van der Waals surface area (Å²) in [5, 5.41) is 11.1. The molecule has 2 rings (SSSR count). The van der Waals surface area contributed by atoms with Gasteiger partial charge in [-0.1, -0.05) is 12.1 Å². The van der Waals surface area contributed by atoms with Crippen LogP contribution in [-0.4, -0.2) is 36.3 Å². The van der Waals surface area contributed by atoms with Crippen LogP contribution in [0.25, 0.3) is 0 Å². The van der Waals surface area contributed by atoms with Gasteiger partial charge in [0, 0.05) is 19.6 Å². The van der Waals surface area contributed by atoms with Gasteiger partial charge in [-0.3, -0.25) is 9.59 Å². The maximum atomic E-state index is 13.0. The number of amides is 2. The van der Waals surface area contributed by atoms with E-state index in [2.05, 4.69) is 5.32 Å². The first kappa shape index (κ1) is 18.8. The normalized spacial score (nSPS) is 15.5. The van der Waals surface area contributed by atoms with E-state index in [1.54, 1.807) is 6.07 Å². The van der Waals surface area contributed by atoms with Gasteiger partial charge in [0.15, 0.2) is 0 Å². The third kappa shape index (κ3) is 4.95. The summed E-state index contributed by atoms with van der Waals surface area (Å²) < 4.78 is 39.1. The van der Waals surface area contributed by atoms with Crippen molar-refractivity contribution in [2.75, 3.05) is 19.6 Å². The molecular formula is C17H18F3N3O2. The van der Waals surface area contributed by atoms with Crippen LogP contribution in [0.4, 0.5) is 13.2 Å². The molecule has 5 nitrogen and oxygen atoms in total. The van der Waals surface area contributed by atoms with Crippen molar-refractivity contribution in [1.29, 1.82) is 5.26 Å². The number of carbonyl (C=O) groups is 2. The molecule has 1 saturated heterocycles. The Bertz CT molecular complexity index is 674. The molecule has 1 heterocycles. The van der Waals surface area contributed by atoms with Gasteiger partial charge >= 0.3 is 6.18 Å². The van der Waals surface area contributed by atoms with Gasteiger partial charge in [-0.25, -0.2) is 0 Å². The highest BCUT2D eigenvalue weighted by Crippen LogP contribution is 2.32. The third-order valence-corrected chi connectivity index (χ3v) is 4.19. The Labute approximate surface area is 143 Å². The number of likely N-dealkylation sites (tertiary alicyclic amines) is 1. The van der Waals surface area contributed by atoms with E-state index in [-0.39, 0.29) is 23.8 Å². The second-order valence-electron chi connectivity index (χ2n) is 5.92. The molecule has 1 fully saturated rings. The molecule has 1 aliphatic heterocycles. The molecule has 1 N–H and O–H groups in total. The number of nitrogens with one attached hydrogen (secondary N) is 1. The Morgan fingerprint density at radius 2 is 1.88 bits per heavy atom. The molecule has 1 aromatic carbocycles. The van der Waals surface area contributed by atoms with Crippen LogP contribution in [0.2, 0.25) is 0 Å². The van der Waals surface area contributed by atoms with Crippen molar-refractivity contribution < 1.29 is 22.8 Å². The number of nitriles is 1. The number of rotatable bonds is 4. The number of halogens is 3. The summed E-state index contributed by atoms with van der Waals surface area (Å²) in [6.07, 6.45) is -3.60. The van der Waals surface area contributed by atoms with Gasteiger partial charge in [0.1, 0.15) is 6.42 Å². The van der Waals surface area contributed by atoms with Gasteiger partial charge in [0.2, 0.25) is 5.91 Å². The number of hydrogen-bond acceptors (Lipinski definition) is 3. The lowest BCUT2D eigenvalue weighted by Gasteiger charge is -2.32. The van der Waals surface area contributed by atoms with E-state index in [1.807, 2.05) is 0 Å². The van der Waals surface area contributed by atoms with Crippen LogP contribution >= 0.6 is 0 Å². The van der Waals surface area contributed by atoms with Crippen LogP contribution in [0.15, 0.2) is 24.3 Å². The standard InChI is InChI=1S/C17H18F3N3O2/c18-17(19,20)14-4-2-1-3-13(14)16(25)23-9-6-12(7-10-23)11-22-15(24)5-8-21/h1-4,12H,5-7,9-11H2,(H,22,24). The molecule has 0 atom stereocenters. The number of alkyl halides is 3. The smallest absolute Gasteiger partial charge is 0.355 e. The highest BCUT2D eigenvalue weighted by Gasteiger charge is 2.36. The second-order valence-corrected chi connectivity index (χ2v) is 5.92. The van der Waals surface area contributed by atoms with Gasteiger partial charge in [-0.05, 0) is 30.9 Å². The SMILES string of the molecule is N#CCC(=O)NCC1CCN(C(=O)c2ccccc2C(F)(F)F)CC1. The summed E-state index contributed by atoms with van der Waals surface area (Å²) >= 11 is 0. The van der Waals surface area contributed by atoms with E-state index in [4.69, 9.17) is 5.26 Å².